The van der Waals surface area contributed by atoms with Crippen LogP contribution in [0.3, 0.4) is 0 Å². The molecule has 0 bridgehead atoms. The van der Waals surface area contributed by atoms with E-state index in [0.29, 0.717) is 28.2 Å². The second kappa shape index (κ2) is 14.9. The summed E-state index contributed by atoms with van der Waals surface area (Å²) < 4.78 is 30.7. The average molecular weight is 520 g/mol. The van der Waals surface area contributed by atoms with Gasteiger partial charge in [0.2, 0.25) is 5.91 Å². The molecule has 0 saturated carbocycles. The molecule has 1 fully saturated rings. The predicted octanol–water partition coefficient (Wildman–Crippen LogP) is 6.90. The van der Waals surface area contributed by atoms with Gasteiger partial charge in [0.05, 0.1) is 18.1 Å². The lowest BCUT2D eigenvalue weighted by molar-refractivity contribution is -0.118. The predicted molar refractivity (Wildman–Crippen MR) is 142 cm³/mol. The van der Waals surface area contributed by atoms with Gasteiger partial charge in [-0.2, -0.15) is 13.9 Å². The minimum absolute atomic E-state index is 0.137. The zero-order chi connectivity index (χ0) is 24.9. The maximum absolute atomic E-state index is 12.4. The Morgan fingerprint density at radius 2 is 1.77 bits per heavy atom. The molecule has 0 aromatic heterocycles. The van der Waals surface area contributed by atoms with Crippen molar-refractivity contribution in [2.45, 2.75) is 67.8 Å². The topological polar surface area (TPSA) is 63.1 Å². The van der Waals surface area contributed by atoms with Crippen molar-refractivity contribution in [1.82, 2.24) is 5.32 Å². The molecule has 1 atom stereocenters. The summed E-state index contributed by atoms with van der Waals surface area (Å²) in [6.45, 7) is 2.95. The van der Waals surface area contributed by atoms with Crippen molar-refractivity contribution in [1.29, 1.82) is 0 Å². The summed E-state index contributed by atoms with van der Waals surface area (Å²) >= 11 is 1.82. The van der Waals surface area contributed by atoms with Crippen LogP contribution in [0.1, 0.15) is 56.6 Å². The van der Waals surface area contributed by atoms with E-state index in [-0.39, 0.29) is 11.2 Å². The number of hydrogen-bond donors (Lipinski definition) is 1. The Labute approximate surface area is 214 Å². The highest BCUT2D eigenvalue weighted by atomic mass is 32.2. The number of halogens is 2. The van der Waals surface area contributed by atoms with Gasteiger partial charge in [-0.3, -0.25) is 4.79 Å². The van der Waals surface area contributed by atoms with Crippen molar-refractivity contribution >= 4 is 40.8 Å². The lowest BCUT2D eigenvalue weighted by Gasteiger charge is -2.06. The zero-order valence-electron chi connectivity index (χ0n) is 19.8. The van der Waals surface area contributed by atoms with E-state index in [2.05, 4.69) is 22.4 Å². The van der Waals surface area contributed by atoms with Crippen LogP contribution in [0.15, 0.2) is 63.6 Å². The van der Waals surface area contributed by atoms with Gasteiger partial charge in [-0.1, -0.05) is 74.7 Å². The maximum Gasteiger partial charge on any atom is 0.288 e. The smallest absolute Gasteiger partial charge is 0.288 e. The molecule has 1 amide bonds. The number of rotatable bonds is 14. The van der Waals surface area contributed by atoms with Crippen molar-refractivity contribution in [3.8, 4) is 5.75 Å². The first kappa shape index (κ1) is 27.2. The molecular formula is C26H31F2N3O2S2. The van der Waals surface area contributed by atoms with Crippen LogP contribution in [-0.2, 0) is 11.2 Å². The Bertz CT molecular complexity index is 983. The van der Waals surface area contributed by atoms with Gasteiger partial charge in [0.15, 0.2) is 5.17 Å². The number of carbonyl (C=O) groups excluding carboxylic acids is 1. The third kappa shape index (κ3) is 10.0. The molecule has 1 heterocycles. The van der Waals surface area contributed by atoms with Crippen LogP contribution >= 0.6 is 23.5 Å². The van der Waals surface area contributed by atoms with E-state index in [1.807, 2.05) is 24.3 Å². The van der Waals surface area contributed by atoms with Crippen molar-refractivity contribution in [2.75, 3.05) is 6.61 Å². The fourth-order valence-corrected chi connectivity index (χ4v) is 4.94. The average Bonchev–Trinajstić information content (AvgIpc) is 3.19. The molecule has 0 unspecified atom stereocenters. The van der Waals surface area contributed by atoms with Gasteiger partial charge < -0.3 is 10.1 Å². The van der Waals surface area contributed by atoms with Crippen LogP contribution in [0.2, 0.25) is 0 Å². The molecule has 0 aliphatic carbocycles. The number of thioether (sulfide) groups is 2. The Hall–Kier alpha value is -2.39. The Morgan fingerprint density at radius 3 is 2.49 bits per heavy atom. The molecule has 35 heavy (non-hydrogen) atoms. The highest BCUT2D eigenvalue weighted by Crippen LogP contribution is 2.27. The molecular weight excluding hydrogens is 488 g/mol. The highest BCUT2D eigenvalue weighted by Gasteiger charge is 2.30. The van der Waals surface area contributed by atoms with Crippen LogP contribution in [-0.4, -0.2) is 34.9 Å². The lowest BCUT2D eigenvalue weighted by atomic mass is 10.1. The van der Waals surface area contributed by atoms with Crippen LogP contribution in [0.25, 0.3) is 0 Å². The van der Waals surface area contributed by atoms with E-state index in [1.54, 1.807) is 30.5 Å². The number of amidine groups is 1. The monoisotopic (exact) mass is 519 g/mol. The van der Waals surface area contributed by atoms with E-state index in [0.717, 1.165) is 29.9 Å². The Morgan fingerprint density at radius 1 is 1.06 bits per heavy atom. The summed E-state index contributed by atoms with van der Waals surface area (Å²) in [6, 6.07) is 14.5. The fourth-order valence-electron chi connectivity index (χ4n) is 3.48. The number of amides is 1. The SMILES string of the molecule is CCCCCCCCOc1ccc(/C=N\N=C2/NC(=O)[C@H](Cc3ccc(SC(F)F)cc3)S2)cc1. The van der Waals surface area contributed by atoms with Crippen LogP contribution in [0, 0.1) is 0 Å². The van der Waals surface area contributed by atoms with Gasteiger partial charge in [0.1, 0.15) is 5.75 Å². The zero-order valence-corrected chi connectivity index (χ0v) is 21.4. The van der Waals surface area contributed by atoms with E-state index < -0.39 is 5.76 Å². The Balaban J connectivity index is 1.41. The van der Waals surface area contributed by atoms with E-state index >= 15 is 0 Å². The van der Waals surface area contributed by atoms with Crippen LogP contribution in [0.5, 0.6) is 5.75 Å². The fraction of sp³-hybridized carbons (Fsp3) is 0.423. The molecule has 0 spiro atoms. The second-order valence-electron chi connectivity index (χ2n) is 8.16. The molecule has 9 heteroatoms. The summed E-state index contributed by atoms with van der Waals surface area (Å²) in [4.78, 5) is 12.8. The maximum atomic E-state index is 12.4. The summed E-state index contributed by atoms with van der Waals surface area (Å²) in [5.41, 5.74) is 1.79. The molecule has 1 saturated heterocycles. The number of alkyl halides is 2. The van der Waals surface area contributed by atoms with Crippen LogP contribution < -0.4 is 10.1 Å². The van der Waals surface area contributed by atoms with Gasteiger partial charge in [0.25, 0.3) is 5.76 Å². The number of ether oxygens (including phenoxy) is 1. The number of benzene rings is 2. The molecule has 5 nitrogen and oxygen atoms in total. The minimum atomic E-state index is -2.45. The summed E-state index contributed by atoms with van der Waals surface area (Å²) in [6.07, 6.45) is 9.52. The molecule has 2 aromatic rings. The first-order chi connectivity index (χ1) is 17.0. The first-order valence-corrected chi connectivity index (χ1v) is 13.6. The van der Waals surface area contributed by atoms with Crippen molar-refractivity contribution in [3.05, 3.63) is 59.7 Å². The van der Waals surface area contributed by atoms with Crippen molar-refractivity contribution in [2.24, 2.45) is 10.2 Å². The molecule has 1 aliphatic heterocycles. The molecule has 3 rings (SSSR count). The second-order valence-corrected chi connectivity index (χ2v) is 10.4. The number of unbranched alkanes of at least 4 members (excludes halogenated alkanes) is 5. The normalized spacial score (nSPS) is 17.0. The van der Waals surface area contributed by atoms with Crippen LogP contribution in [0.4, 0.5) is 8.78 Å². The molecule has 0 radical (unpaired) electrons. The van der Waals surface area contributed by atoms with Crippen molar-refractivity contribution < 1.29 is 18.3 Å². The summed E-state index contributed by atoms with van der Waals surface area (Å²) in [5.74, 6) is -1.75. The number of nitrogens with one attached hydrogen (secondary N) is 1. The highest BCUT2D eigenvalue weighted by molar-refractivity contribution is 8.15. The van der Waals surface area contributed by atoms with Gasteiger partial charge >= 0.3 is 0 Å². The molecule has 188 valence electrons. The third-order valence-corrected chi connectivity index (χ3v) is 7.14. The van der Waals surface area contributed by atoms with E-state index in [9.17, 15) is 13.6 Å². The molecule has 2 aromatic carbocycles. The summed E-state index contributed by atoms with van der Waals surface area (Å²) in [5, 5.41) is 11.1. The number of carbonyl (C=O) groups is 1. The quantitative estimate of drug-likeness (QED) is 0.128. The van der Waals surface area contributed by atoms with Crippen molar-refractivity contribution in [3.63, 3.8) is 0 Å². The minimum Gasteiger partial charge on any atom is -0.494 e. The van der Waals surface area contributed by atoms with Gasteiger partial charge in [-0.25, -0.2) is 0 Å². The molecule has 1 aliphatic rings. The van der Waals surface area contributed by atoms with Gasteiger partial charge in [-0.15, -0.1) is 5.10 Å². The van der Waals surface area contributed by atoms with E-state index in [1.165, 1.54) is 43.9 Å². The largest absolute Gasteiger partial charge is 0.494 e. The number of hydrogen-bond acceptors (Lipinski definition) is 6. The van der Waals surface area contributed by atoms with Gasteiger partial charge in [0, 0.05) is 4.90 Å². The van der Waals surface area contributed by atoms with E-state index in [4.69, 9.17) is 4.74 Å². The Kier molecular flexibility index (Phi) is 11.6. The number of nitrogens with zero attached hydrogens (tertiary/aromatic N) is 2. The van der Waals surface area contributed by atoms with Gasteiger partial charge in [-0.05, 0) is 60.4 Å². The first-order valence-electron chi connectivity index (χ1n) is 11.9. The summed E-state index contributed by atoms with van der Waals surface area (Å²) in [7, 11) is 0. The molecule has 1 N–H and O–H groups in total. The lowest BCUT2D eigenvalue weighted by Crippen LogP contribution is -2.25. The standard InChI is InChI=1S/C26H31F2N3O2S2/c1-2-3-4-5-6-7-16-33-21-12-8-20(9-13-21)18-29-31-26-30-24(32)23(35-26)17-19-10-14-22(15-11-19)34-25(27)28/h8-15,18,23,25H,2-7,16-17H2,1H3,(H,30,31,32)/b29-18-/t23-/m0/s1. The third-order valence-electron chi connectivity index (χ3n) is 5.35.